The first-order valence-corrected chi connectivity index (χ1v) is 12.8. The van der Waals surface area contributed by atoms with Crippen LogP contribution in [0.4, 0.5) is 23.7 Å². The smallest absolute Gasteiger partial charge is 0.416 e. The van der Waals surface area contributed by atoms with Crippen LogP contribution < -0.4 is 14.8 Å². The first kappa shape index (κ1) is 28.1. The van der Waals surface area contributed by atoms with Crippen LogP contribution in [0.25, 0.3) is 6.08 Å². The molecule has 3 amide bonds. The molecule has 0 saturated carbocycles. The predicted octanol–water partition coefficient (Wildman–Crippen LogP) is 5.61. The quantitative estimate of drug-likeness (QED) is 0.226. The summed E-state index contributed by atoms with van der Waals surface area (Å²) in [5, 5.41) is 1.59. The van der Waals surface area contributed by atoms with E-state index in [1.165, 1.54) is 13.2 Å². The summed E-state index contributed by atoms with van der Waals surface area (Å²) in [5.74, 6) is 1.41. The Hall–Kier alpha value is -2.45. The number of carbonyl (C=O) groups is 3. The van der Waals surface area contributed by atoms with Gasteiger partial charge in [-0.1, -0.05) is 5.92 Å². The fourth-order valence-electron chi connectivity index (χ4n) is 3.02. The lowest BCUT2D eigenvalue weighted by molar-refractivity contribution is -0.137. The number of terminal acetylenes is 1. The molecule has 188 valence electrons. The van der Waals surface area contributed by atoms with Gasteiger partial charge in [-0.25, -0.2) is 0 Å². The Labute approximate surface area is 235 Å². The molecule has 13 heteroatoms. The summed E-state index contributed by atoms with van der Waals surface area (Å²) in [5.41, 5.74) is -0.607. The van der Waals surface area contributed by atoms with Gasteiger partial charge in [-0.2, -0.15) is 13.2 Å². The number of benzene rings is 2. The van der Waals surface area contributed by atoms with E-state index in [1.54, 1.807) is 12.1 Å². The van der Waals surface area contributed by atoms with Gasteiger partial charge in [0.15, 0.2) is 0 Å². The summed E-state index contributed by atoms with van der Waals surface area (Å²) < 4.78 is 51.1. The van der Waals surface area contributed by atoms with E-state index in [9.17, 15) is 27.6 Å². The topological polar surface area (TPSA) is 84.9 Å². The van der Waals surface area contributed by atoms with Crippen molar-refractivity contribution in [2.45, 2.75) is 6.18 Å². The van der Waals surface area contributed by atoms with E-state index in [2.05, 4.69) is 56.4 Å². The average molecular weight is 742 g/mol. The van der Waals surface area contributed by atoms with E-state index < -0.39 is 35.3 Å². The number of halogens is 5. The van der Waals surface area contributed by atoms with Gasteiger partial charge in [-0.05, 0) is 98.9 Å². The van der Waals surface area contributed by atoms with Crippen LogP contribution in [0.1, 0.15) is 11.1 Å². The number of methoxy groups -OCH3 is 1. The van der Waals surface area contributed by atoms with Crippen LogP contribution >= 0.6 is 56.9 Å². The maximum Gasteiger partial charge on any atom is 0.416 e. The summed E-state index contributed by atoms with van der Waals surface area (Å²) in [6.45, 7) is -0.589. The number of alkyl halides is 3. The Morgan fingerprint density at radius 3 is 2.47 bits per heavy atom. The highest BCUT2D eigenvalue weighted by molar-refractivity contribution is 14.1. The molecule has 0 radical (unpaired) electrons. The van der Waals surface area contributed by atoms with Crippen molar-refractivity contribution in [3.8, 4) is 23.8 Å². The number of hydrogen-bond donors (Lipinski definition) is 1. The first-order valence-electron chi connectivity index (χ1n) is 9.80. The van der Waals surface area contributed by atoms with Gasteiger partial charge in [0.1, 0.15) is 24.7 Å². The van der Waals surface area contributed by atoms with E-state index in [0.717, 1.165) is 19.3 Å². The van der Waals surface area contributed by atoms with Crippen LogP contribution in [0.3, 0.4) is 0 Å². The SMILES string of the molecule is C#CCOc1c(I)cc(/C=C2\SC(=O)N(CC(=O)Nc3cc(C(F)(F)F)ccc3OC)C2=O)cc1I. The summed E-state index contributed by atoms with van der Waals surface area (Å²) in [7, 11) is 1.23. The summed E-state index contributed by atoms with van der Waals surface area (Å²) >= 11 is 4.77. The number of amides is 3. The summed E-state index contributed by atoms with van der Waals surface area (Å²) in [4.78, 5) is 38.5. The Morgan fingerprint density at radius 2 is 1.89 bits per heavy atom. The van der Waals surface area contributed by atoms with Crippen LogP contribution in [0, 0.1) is 19.5 Å². The van der Waals surface area contributed by atoms with Gasteiger partial charge in [-0.15, -0.1) is 6.42 Å². The Bertz CT molecular complexity index is 1280. The molecular formula is C23H15F3I2N2O5S. The van der Waals surface area contributed by atoms with Crippen molar-refractivity contribution >= 4 is 85.8 Å². The number of imide groups is 1. The van der Waals surface area contributed by atoms with Crippen molar-refractivity contribution < 1.29 is 37.0 Å². The molecular weight excluding hydrogens is 727 g/mol. The zero-order valence-electron chi connectivity index (χ0n) is 18.2. The van der Waals surface area contributed by atoms with Crippen molar-refractivity contribution in [3.63, 3.8) is 0 Å². The molecule has 2 aromatic rings. The normalized spacial score (nSPS) is 14.7. The number of nitrogens with one attached hydrogen (secondary N) is 1. The third-order valence-electron chi connectivity index (χ3n) is 4.59. The minimum Gasteiger partial charge on any atom is -0.495 e. The highest BCUT2D eigenvalue weighted by Gasteiger charge is 2.37. The molecule has 3 rings (SSSR count). The molecule has 7 nitrogen and oxygen atoms in total. The van der Waals surface area contributed by atoms with Crippen LogP contribution in [-0.2, 0) is 15.8 Å². The van der Waals surface area contributed by atoms with Gasteiger partial charge >= 0.3 is 6.18 Å². The van der Waals surface area contributed by atoms with Crippen LogP contribution in [0.2, 0.25) is 0 Å². The van der Waals surface area contributed by atoms with Gasteiger partial charge in [0.25, 0.3) is 11.1 Å². The molecule has 0 aliphatic carbocycles. The van der Waals surface area contributed by atoms with Gasteiger partial charge in [-0.3, -0.25) is 19.3 Å². The minimum atomic E-state index is -4.63. The molecule has 0 spiro atoms. The Balaban J connectivity index is 1.76. The van der Waals surface area contributed by atoms with Gasteiger partial charge in [0.2, 0.25) is 5.91 Å². The van der Waals surface area contributed by atoms with Crippen LogP contribution in [0.5, 0.6) is 11.5 Å². The zero-order chi connectivity index (χ0) is 26.6. The Morgan fingerprint density at radius 1 is 1.22 bits per heavy atom. The summed E-state index contributed by atoms with van der Waals surface area (Å²) in [6, 6.07) is 6.08. The van der Waals surface area contributed by atoms with E-state index in [4.69, 9.17) is 15.9 Å². The molecule has 1 heterocycles. The van der Waals surface area contributed by atoms with E-state index in [0.29, 0.717) is 34.0 Å². The molecule has 1 saturated heterocycles. The number of thioether (sulfide) groups is 1. The number of rotatable bonds is 7. The van der Waals surface area contributed by atoms with Crippen molar-refractivity contribution in [2.75, 3.05) is 25.6 Å². The fourth-order valence-corrected chi connectivity index (χ4v) is 5.98. The maximum absolute atomic E-state index is 13.0. The second-order valence-electron chi connectivity index (χ2n) is 7.04. The Kier molecular flexibility index (Phi) is 9.17. The molecule has 2 aromatic carbocycles. The minimum absolute atomic E-state index is 0.00994. The second kappa shape index (κ2) is 11.7. The van der Waals surface area contributed by atoms with Crippen molar-refractivity contribution in [1.29, 1.82) is 0 Å². The standard InChI is InChI=1S/C23H15F3I2N2O5S/c1-3-6-35-20-14(27)7-12(8-15(20)28)9-18-21(32)30(22(33)36-18)11-19(31)29-16-10-13(23(24,25)26)4-5-17(16)34-2/h1,4-5,7-10H,6,11H2,2H3,(H,29,31)/b18-9-. The first-order chi connectivity index (χ1) is 16.9. The highest BCUT2D eigenvalue weighted by Crippen LogP contribution is 2.36. The number of carbonyl (C=O) groups excluding carboxylic acids is 3. The van der Waals surface area contributed by atoms with Crippen LogP contribution in [0.15, 0.2) is 35.2 Å². The van der Waals surface area contributed by atoms with Crippen molar-refractivity contribution in [2.24, 2.45) is 0 Å². The molecule has 1 aliphatic heterocycles. The number of ether oxygens (including phenoxy) is 2. The monoisotopic (exact) mass is 742 g/mol. The average Bonchev–Trinajstić information content (AvgIpc) is 3.05. The maximum atomic E-state index is 13.0. The summed E-state index contributed by atoms with van der Waals surface area (Å²) in [6.07, 6.45) is 2.10. The largest absolute Gasteiger partial charge is 0.495 e. The number of hydrogen-bond acceptors (Lipinski definition) is 6. The fraction of sp³-hybridized carbons (Fsp3) is 0.174. The molecule has 0 bridgehead atoms. The molecule has 0 aromatic heterocycles. The number of anilines is 1. The molecule has 1 N–H and O–H groups in total. The van der Waals surface area contributed by atoms with E-state index >= 15 is 0 Å². The molecule has 36 heavy (non-hydrogen) atoms. The van der Waals surface area contributed by atoms with Crippen molar-refractivity contribution in [1.82, 2.24) is 4.90 Å². The second-order valence-corrected chi connectivity index (χ2v) is 10.4. The molecule has 1 aliphatic rings. The van der Waals surface area contributed by atoms with Crippen LogP contribution in [-0.4, -0.2) is 42.2 Å². The van der Waals surface area contributed by atoms with Gasteiger partial charge < -0.3 is 14.8 Å². The zero-order valence-corrected chi connectivity index (χ0v) is 23.4. The predicted molar refractivity (Wildman–Crippen MR) is 146 cm³/mol. The lowest BCUT2D eigenvalue weighted by atomic mass is 10.1. The highest BCUT2D eigenvalue weighted by atomic mass is 127. The molecule has 0 unspecified atom stereocenters. The third-order valence-corrected chi connectivity index (χ3v) is 7.10. The van der Waals surface area contributed by atoms with E-state index in [1.807, 2.05) is 0 Å². The molecule has 0 atom stereocenters. The molecule has 1 fully saturated rings. The third kappa shape index (κ3) is 6.65. The number of nitrogens with zero attached hydrogens (tertiary/aromatic N) is 1. The lowest BCUT2D eigenvalue weighted by Gasteiger charge is -2.16. The van der Waals surface area contributed by atoms with E-state index in [-0.39, 0.29) is 22.9 Å². The lowest BCUT2D eigenvalue weighted by Crippen LogP contribution is -2.36. The van der Waals surface area contributed by atoms with Gasteiger partial charge in [0, 0.05) is 0 Å². The van der Waals surface area contributed by atoms with Crippen molar-refractivity contribution in [3.05, 3.63) is 53.5 Å². The van der Waals surface area contributed by atoms with Gasteiger partial charge in [0.05, 0.1) is 30.4 Å².